The number of carbonyl (C=O) groups excluding carboxylic acids is 1. The number of nitrogens with zero attached hydrogens (tertiary/aromatic N) is 3. The average Bonchev–Trinajstić information content (AvgIpc) is 3.26. The van der Waals surface area contributed by atoms with Gasteiger partial charge < -0.3 is 14.5 Å². The molecule has 3 heterocycles. The number of ether oxygens (including phenoxy) is 1. The molecule has 138 valence electrons. The summed E-state index contributed by atoms with van der Waals surface area (Å²) in [5.74, 6) is 1.06. The van der Waals surface area contributed by atoms with Crippen LogP contribution in [-0.2, 0) is 17.9 Å². The van der Waals surface area contributed by atoms with Gasteiger partial charge in [-0.3, -0.25) is 14.0 Å². The summed E-state index contributed by atoms with van der Waals surface area (Å²) < 4.78 is 13.4. The van der Waals surface area contributed by atoms with Crippen molar-refractivity contribution >= 4 is 22.5 Å². The van der Waals surface area contributed by atoms with Gasteiger partial charge in [0.15, 0.2) is 5.58 Å². The molecule has 0 aliphatic heterocycles. The molecule has 0 saturated carbocycles. The maximum atomic E-state index is 12.7. The lowest BCUT2D eigenvalue weighted by atomic mass is 10.2. The molecule has 0 saturated heterocycles. The van der Waals surface area contributed by atoms with E-state index in [4.69, 9.17) is 9.15 Å². The van der Waals surface area contributed by atoms with Crippen LogP contribution in [0.15, 0.2) is 51.9 Å². The van der Waals surface area contributed by atoms with Crippen LogP contribution in [-0.4, -0.2) is 27.2 Å². The number of amides is 1. The Hall–Kier alpha value is -3.55. The summed E-state index contributed by atoms with van der Waals surface area (Å²) in [6.45, 7) is 1.99. The van der Waals surface area contributed by atoms with E-state index in [-0.39, 0.29) is 18.0 Å². The van der Waals surface area contributed by atoms with E-state index in [0.29, 0.717) is 23.5 Å². The predicted octanol–water partition coefficient (Wildman–Crippen LogP) is 1.88. The van der Waals surface area contributed by atoms with E-state index in [9.17, 15) is 9.59 Å². The van der Waals surface area contributed by atoms with Crippen LogP contribution in [0.2, 0.25) is 0 Å². The lowest BCUT2D eigenvalue weighted by Crippen LogP contribution is -2.34. The zero-order chi connectivity index (χ0) is 19.0. The van der Waals surface area contributed by atoms with E-state index in [2.05, 4.69) is 10.4 Å². The standard InChI is InChI=1S/C19H18N4O4/c1-12-21-22(19(25)16-9-17-15(23(12)16)7-8-27-17)11-18(24)20-10-13-3-5-14(26-2)6-4-13/h3-9H,10-11H2,1-2H3,(H,20,24). The third-order valence-electron chi connectivity index (χ3n) is 4.41. The van der Waals surface area contributed by atoms with Gasteiger partial charge in [0.25, 0.3) is 5.56 Å². The normalized spacial score (nSPS) is 11.2. The second-order valence-corrected chi connectivity index (χ2v) is 6.17. The maximum absolute atomic E-state index is 12.7. The number of furan rings is 1. The molecule has 8 heteroatoms. The van der Waals surface area contributed by atoms with Gasteiger partial charge in [-0.2, -0.15) is 5.10 Å². The van der Waals surface area contributed by atoms with E-state index in [1.807, 2.05) is 24.3 Å². The second-order valence-electron chi connectivity index (χ2n) is 6.17. The summed E-state index contributed by atoms with van der Waals surface area (Å²) >= 11 is 0. The number of fused-ring (bicyclic) bond motifs is 3. The van der Waals surface area contributed by atoms with Gasteiger partial charge in [0.05, 0.1) is 18.9 Å². The topological polar surface area (TPSA) is 90.8 Å². The van der Waals surface area contributed by atoms with Crippen LogP contribution in [0.1, 0.15) is 11.4 Å². The molecule has 1 N–H and O–H groups in total. The van der Waals surface area contributed by atoms with Gasteiger partial charge in [-0.05, 0) is 24.6 Å². The van der Waals surface area contributed by atoms with Gasteiger partial charge in [0.1, 0.15) is 23.6 Å². The van der Waals surface area contributed by atoms with Crippen LogP contribution in [0, 0.1) is 6.92 Å². The zero-order valence-electron chi connectivity index (χ0n) is 14.9. The van der Waals surface area contributed by atoms with Crippen molar-refractivity contribution in [1.29, 1.82) is 0 Å². The number of hydrogen-bond donors (Lipinski definition) is 1. The number of benzene rings is 1. The highest BCUT2D eigenvalue weighted by atomic mass is 16.5. The van der Waals surface area contributed by atoms with Crippen molar-refractivity contribution in [2.75, 3.05) is 7.11 Å². The minimum absolute atomic E-state index is 0.154. The first-order chi connectivity index (χ1) is 13.1. The zero-order valence-corrected chi connectivity index (χ0v) is 14.9. The van der Waals surface area contributed by atoms with Crippen molar-refractivity contribution in [3.05, 3.63) is 64.4 Å². The van der Waals surface area contributed by atoms with Crippen molar-refractivity contribution in [3.8, 4) is 5.75 Å². The van der Waals surface area contributed by atoms with Crippen LogP contribution >= 0.6 is 0 Å². The summed E-state index contributed by atoms with van der Waals surface area (Å²) in [6.07, 6.45) is 1.56. The van der Waals surface area contributed by atoms with Gasteiger partial charge in [-0.25, -0.2) is 4.68 Å². The molecule has 0 aliphatic carbocycles. The number of methoxy groups -OCH3 is 1. The molecular formula is C19H18N4O4. The first kappa shape index (κ1) is 16.9. The molecular weight excluding hydrogens is 348 g/mol. The highest BCUT2D eigenvalue weighted by molar-refractivity contribution is 5.82. The van der Waals surface area contributed by atoms with Gasteiger partial charge in [-0.15, -0.1) is 0 Å². The quantitative estimate of drug-likeness (QED) is 0.582. The van der Waals surface area contributed by atoms with E-state index in [1.54, 1.807) is 36.8 Å². The van der Waals surface area contributed by atoms with Gasteiger partial charge in [0.2, 0.25) is 5.91 Å². The highest BCUT2D eigenvalue weighted by Crippen LogP contribution is 2.19. The molecule has 3 aromatic heterocycles. The number of hydrogen-bond acceptors (Lipinski definition) is 5. The molecule has 8 nitrogen and oxygen atoms in total. The highest BCUT2D eigenvalue weighted by Gasteiger charge is 2.15. The lowest BCUT2D eigenvalue weighted by molar-refractivity contribution is -0.122. The molecule has 27 heavy (non-hydrogen) atoms. The Morgan fingerprint density at radius 2 is 2.00 bits per heavy atom. The van der Waals surface area contributed by atoms with E-state index >= 15 is 0 Å². The van der Waals surface area contributed by atoms with Gasteiger partial charge in [-0.1, -0.05) is 12.1 Å². The Balaban J connectivity index is 1.53. The van der Waals surface area contributed by atoms with E-state index in [0.717, 1.165) is 16.8 Å². The Labute approximate surface area is 154 Å². The summed E-state index contributed by atoms with van der Waals surface area (Å²) in [6, 6.07) is 10.8. The fourth-order valence-electron chi connectivity index (χ4n) is 3.07. The van der Waals surface area contributed by atoms with Gasteiger partial charge >= 0.3 is 0 Å². The fourth-order valence-corrected chi connectivity index (χ4v) is 3.07. The Bertz CT molecular complexity index is 1180. The third kappa shape index (κ3) is 3.05. The number of aryl methyl sites for hydroxylation is 1. The molecule has 0 radical (unpaired) electrons. The van der Waals surface area contributed by atoms with Crippen LogP contribution in [0.25, 0.3) is 16.6 Å². The average molecular weight is 366 g/mol. The monoisotopic (exact) mass is 366 g/mol. The molecule has 1 aromatic carbocycles. The van der Waals surface area contributed by atoms with Crippen LogP contribution < -0.4 is 15.6 Å². The molecule has 0 aliphatic rings. The smallest absolute Gasteiger partial charge is 0.291 e. The summed E-state index contributed by atoms with van der Waals surface area (Å²) in [7, 11) is 1.60. The second kappa shape index (κ2) is 6.64. The maximum Gasteiger partial charge on any atom is 0.291 e. The molecule has 0 bridgehead atoms. The minimum Gasteiger partial charge on any atom is -0.497 e. The van der Waals surface area contributed by atoms with E-state index in [1.165, 1.54) is 4.68 Å². The Morgan fingerprint density at radius 3 is 2.74 bits per heavy atom. The molecule has 0 fully saturated rings. The molecule has 0 spiro atoms. The molecule has 4 rings (SSSR count). The summed E-state index contributed by atoms with van der Waals surface area (Å²) in [5.41, 5.74) is 2.41. The minimum atomic E-state index is -0.341. The van der Waals surface area contributed by atoms with Gasteiger partial charge in [0, 0.05) is 18.7 Å². The third-order valence-corrected chi connectivity index (χ3v) is 4.41. The number of aromatic nitrogens is 3. The van der Waals surface area contributed by atoms with Crippen molar-refractivity contribution in [2.24, 2.45) is 0 Å². The first-order valence-electron chi connectivity index (χ1n) is 8.43. The molecule has 0 atom stereocenters. The Kier molecular flexibility index (Phi) is 4.15. The van der Waals surface area contributed by atoms with E-state index < -0.39 is 0 Å². The summed E-state index contributed by atoms with van der Waals surface area (Å²) in [4.78, 5) is 24.9. The van der Waals surface area contributed by atoms with Crippen LogP contribution in [0.4, 0.5) is 0 Å². The van der Waals surface area contributed by atoms with Crippen molar-refractivity contribution in [3.63, 3.8) is 0 Å². The molecule has 4 aromatic rings. The fraction of sp³-hybridized carbons (Fsp3) is 0.211. The predicted molar refractivity (Wildman–Crippen MR) is 98.8 cm³/mol. The Morgan fingerprint density at radius 1 is 1.22 bits per heavy atom. The van der Waals surface area contributed by atoms with Crippen LogP contribution in [0.5, 0.6) is 5.75 Å². The van der Waals surface area contributed by atoms with Crippen molar-refractivity contribution in [1.82, 2.24) is 19.5 Å². The lowest BCUT2D eigenvalue weighted by Gasteiger charge is -2.09. The molecule has 1 amide bonds. The first-order valence-corrected chi connectivity index (χ1v) is 8.43. The van der Waals surface area contributed by atoms with Crippen molar-refractivity contribution < 1.29 is 13.9 Å². The van der Waals surface area contributed by atoms with Crippen molar-refractivity contribution in [2.45, 2.75) is 20.0 Å². The number of carbonyl (C=O) groups is 1. The molecule has 0 unspecified atom stereocenters. The SMILES string of the molecule is COc1ccc(CNC(=O)Cn2nc(C)n3c(cc4occc43)c2=O)cc1. The largest absolute Gasteiger partial charge is 0.497 e. The van der Waals surface area contributed by atoms with Crippen LogP contribution in [0.3, 0.4) is 0 Å². The summed E-state index contributed by atoms with van der Waals surface area (Å²) in [5, 5.41) is 7.07. The number of nitrogens with one attached hydrogen (secondary N) is 1. The number of rotatable bonds is 5.